The summed E-state index contributed by atoms with van der Waals surface area (Å²) < 4.78 is 5.96. The SMILES string of the molecule is O=C(Cc1ccc(C(=O)O)cc1)NCC1CCCOC1c1ccccc1. The molecule has 1 saturated heterocycles. The molecule has 5 heteroatoms. The smallest absolute Gasteiger partial charge is 0.335 e. The fourth-order valence-electron chi connectivity index (χ4n) is 3.32. The van der Waals surface area contributed by atoms with Gasteiger partial charge in [0.2, 0.25) is 5.91 Å². The van der Waals surface area contributed by atoms with Crippen molar-refractivity contribution in [1.29, 1.82) is 0 Å². The van der Waals surface area contributed by atoms with E-state index >= 15 is 0 Å². The lowest BCUT2D eigenvalue weighted by Crippen LogP contribution is -2.35. The van der Waals surface area contributed by atoms with Crippen molar-refractivity contribution >= 4 is 11.9 Å². The molecule has 0 saturated carbocycles. The molecule has 26 heavy (non-hydrogen) atoms. The van der Waals surface area contributed by atoms with Gasteiger partial charge in [0, 0.05) is 19.1 Å². The van der Waals surface area contributed by atoms with Gasteiger partial charge in [-0.3, -0.25) is 4.79 Å². The van der Waals surface area contributed by atoms with Gasteiger partial charge in [-0.2, -0.15) is 0 Å². The van der Waals surface area contributed by atoms with Crippen LogP contribution >= 0.6 is 0 Å². The predicted octanol–water partition coefficient (Wildman–Crippen LogP) is 3.21. The summed E-state index contributed by atoms with van der Waals surface area (Å²) in [6.07, 6.45) is 2.28. The highest BCUT2D eigenvalue weighted by Crippen LogP contribution is 2.33. The Kier molecular flexibility index (Phi) is 6.02. The van der Waals surface area contributed by atoms with E-state index in [1.54, 1.807) is 12.1 Å². The summed E-state index contributed by atoms with van der Waals surface area (Å²) in [6.45, 7) is 1.32. The van der Waals surface area contributed by atoms with Crippen LogP contribution in [0.25, 0.3) is 0 Å². The second kappa shape index (κ2) is 8.63. The summed E-state index contributed by atoms with van der Waals surface area (Å²) in [4.78, 5) is 23.1. The summed E-state index contributed by atoms with van der Waals surface area (Å²) in [5.41, 5.74) is 2.17. The van der Waals surface area contributed by atoms with Crippen molar-refractivity contribution in [1.82, 2.24) is 5.32 Å². The van der Waals surface area contributed by atoms with Crippen LogP contribution in [0.4, 0.5) is 0 Å². The molecule has 2 aromatic carbocycles. The highest BCUT2D eigenvalue weighted by Gasteiger charge is 2.27. The number of carbonyl (C=O) groups is 2. The van der Waals surface area contributed by atoms with Gasteiger partial charge in [0.25, 0.3) is 0 Å². The number of benzene rings is 2. The Hall–Kier alpha value is -2.66. The topological polar surface area (TPSA) is 75.6 Å². The fourth-order valence-corrected chi connectivity index (χ4v) is 3.32. The molecule has 2 atom stereocenters. The molecule has 0 aromatic heterocycles. The maximum Gasteiger partial charge on any atom is 0.335 e. The lowest BCUT2D eigenvalue weighted by atomic mass is 9.89. The highest BCUT2D eigenvalue weighted by atomic mass is 16.5. The van der Waals surface area contributed by atoms with E-state index in [0.29, 0.717) is 6.54 Å². The zero-order valence-corrected chi connectivity index (χ0v) is 14.6. The molecule has 0 bridgehead atoms. The second-order valence-electron chi connectivity index (χ2n) is 6.59. The quantitative estimate of drug-likeness (QED) is 0.836. The van der Waals surface area contributed by atoms with Gasteiger partial charge >= 0.3 is 5.97 Å². The molecule has 0 aliphatic carbocycles. The van der Waals surface area contributed by atoms with Crippen LogP contribution in [0.3, 0.4) is 0 Å². The summed E-state index contributed by atoms with van der Waals surface area (Å²) in [5, 5.41) is 11.9. The van der Waals surface area contributed by atoms with E-state index in [4.69, 9.17) is 9.84 Å². The van der Waals surface area contributed by atoms with Crippen molar-refractivity contribution in [2.24, 2.45) is 5.92 Å². The number of carboxylic acid groups (broad SMARTS) is 1. The van der Waals surface area contributed by atoms with Crippen LogP contribution in [0.15, 0.2) is 54.6 Å². The van der Waals surface area contributed by atoms with Crippen molar-refractivity contribution < 1.29 is 19.4 Å². The molecule has 1 aliphatic heterocycles. The minimum absolute atomic E-state index is 0.0140. The van der Waals surface area contributed by atoms with Crippen LogP contribution in [0, 0.1) is 5.92 Å². The first-order valence-electron chi connectivity index (χ1n) is 8.89. The first kappa shape index (κ1) is 18.1. The predicted molar refractivity (Wildman–Crippen MR) is 98.0 cm³/mol. The maximum atomic E-state index is 12.2. The maximum absolute atomic E-state index is 12.2. The minimum atomic E-state index is -0.967. The number of ether oxygens (including phenoxy) is 1. The molecule has 0 spiro atoms. The molecule has 2 N–H and O–H groups in total. The molecule has 3 rings (SSSR count). The molecule has 1 aliphatic rings. The molecule has 2 unspecified atom stereocenters. The zero-order valence-electron chi connectivity index (χ0n) is 14.6. The average Bonchev–Trinajstić information content (AvgIpc) is 2.68. The second-order valence-corrected chi connectivity index (χ2v) is 6.59. The first-order valence-corrected chi connectivity index (χ1v) is 8.89. The number of aromatic carboxylic acids is 1. The standard InChI is InChI=1S/C21H23NO4/c23-19(13-15-8-10-17(11-9-15)21(24)25)22-14-18-7-4-12-26-20(18)16-5-2-1-3-6-16/h1-3,5-6,8-11,18,20H,4,7,12-14H2,(H,22,23)(H,24,25). The van der Waals surface area contributed by atoms with Gasteiger partial charge in [-0.1, -0.05) is 42.5 Å². The van der Waals surface area contributed by atoms with Crippen molar-refractivity contribution in [2.45, 2.75) is 25.4 Å². The van der Waals surface area contributed by atoms with Crippen molar-refractivity contribution in [3.63, 3.8) is 0 Å². The van der Waals surface area contributed by atoms with Crippen molar-refractivity contribution in [3.8, 4) is 0 Å². The Morgan fingerprint density at radius 1 is 1.08 bits per heavy atom. The molecule has 5 nitrogen and oxygen atoms in total. The fraction of sp³-hybridized carbons (Fsp3) is 0.333. The van der Waals surface area contributed by atoms with Crippen LogP contribution < -0.4 is 5.32 Å². The van der Waals surface area contributed by atoms with Crippen LogP contribution in [-0.4, -0.2) is 30.1 Å². The van der Waals surface area contributed by atoms with E-state index in [-0.39, 0.29) is 29.9 Å². The van der Waals surface area contributed by atoms with E-state index in [1.807, 2.05) is 18.2 Å². The highest BCUT2D eigenvalue weighted by molar-refractivity contribution is 5.87. The summed E-state index contributed by atoms with van der Waals surface area (Å²) in [7, 11) is 0. The third-order valence-electron chi connectivity index (χ3n) is 4.70. The monoisotopic (exact) mass is 353 g/mol. The average molecular weight is 353 g/mol. The van der Waals surface area contributed by atoms with Gasteiger partial charge in [-0.05, 0) is 36.1 Å². The molecular weight excluding hydrogens is 330 g/mol. The van der Waals surface area contributed by atoms with Gasteiger partial charge < -0.3 is 15.2 Å². The molecule has 2 aromatic rings. The minimum Gasteiger partial charge on any atom is -0.478 e. The van der Waals surface area contributed by atoms with E-state index in [1.165, 1.54) is 12.1 Å². The van der Waals surface area contributed by atoms with Gasteiger partial charge in [0.1, 0.15) is 0 Å². The summed E-state index contributed by atoms with van der Waals surface area (Å²) >= 11 is 0. The molecule has 0 radical (unpaired) electrons. The van der Waals surface area contributed by atoms with Crippen LogP contribution in [-0.2, 0) is 16.0 Å². The van der Waals surface area contributed by atoms with Crippen LogP contribution in [0.2, 0.25) is 0 Å². The number of hydrogen-bond donors (Lipinski definition) is 2. The number of nitrogens with one attached hydrogen (secondary N) is 1. The molecule has 136 valence electrons. The lowest BCUT2D eigenvalue weighted by molar-refractivity contribution is -0.121. The first-order chi connectivity index (χ1) is 12.6. The Labute approximate surface area is 153 Å². The van der Waals surface area contributed by atoms with E-state index in [0.717, 1.165) is 30.6 Å². The van der Waals surface area contributed by atoms with Crippen LogP contribution in [0.5, 0.6) is 0 Å². The number of carbonyl (C=O) groups excluding carboxylic acids is 1. The molecule has 1 amide bonds. The molecule has 1 heterocycles. The van der Waals surface area contributed by atoms with Gasteiger partial charge in [-0.25, -0.2) is 4.79 Å². The van der Waals surface area contributed by atoms with E-state index in [2.05, 4.69) is 17.4 Å². The number of rotatable bonds is 6. The summed E-state index contributed by atoms with van der Waals surface area (Å²) in [6, 6.07) is 16.5. The Bertz CT molecular complexity index is 742. The zero-order chi connectivity index (χ0) is 18.4. The third-order valence-corrected chi connectivity index (χ3v) is 4.70. The lowest BCUT2D eigenvalue weighted by Gasteiger charge is -2.32. The molecule has 1 fully saturated rings. The van der Waals surface area contributed by atoms with Crippen LogP contribution in [0.1, 0.15) is 40.4 Å². The van der Waals surface area contributed by atoms with Gasteiger partial charge in [-0.15, -0.1) is 0 Å². The van der Waals surface area contributed by atoms with Gasteiger partial charge in [0.05, 0.1) is 18.1 Å². The van der Waals surface area contributed by atoms with E-state index in [9.17, 15) is 9.59 Å². The number of hydrogen-bond acceptors (Lipinski definition) is 3. The number of amides is 1. The summed E-state index contributed by atoms with van der Waals surface area (Å²) in [5.74, 6) is -0.778. The largest absolute Gasteiger partial charge is 0.478 e. The number of carboxylic acids is 1. The Morgan fingerprint density at radius 2 is 1.81 bits per heavy atom. The van der Waals surface area contributed by atoms with Crippen molar-refractivity contribution in [3.05, 3.63) is 71.3 Å². The Morgan fingerprint density at radius 3 is 2.50 bits per heavy atom. The van der Waals surface area contributed by atoms with E-state index < -0.39 is 5.97 Å². The Balaban J connectivity index is 1.55. The normalized spacial score (nSPS) is 19.7. The van der Waals surface area contributed by atoms with Crippen molar-refractivity contribution in [2.75, 3.05) is 13.2 Å². The van der Waals surface area contributed by atoms with Gasteiger partial charge in [0.15, 0.2) is 0 Å². The molecular formula is C21H23NO4. The third kappa shape index (κ3) is 4.70.